The van der Waals surface area contributed by atoms with Crippen molar-refractivity contribution in [3.05, 3.63) is 34.4 Å². The Balaban J connectivity index is 2.01. The standard InChI is InChI=1S/C13H19N3O2/c1-15(10-11-5-7-14-8-6-11)12-3-2-4-13(9-12)16(17)18/h2-4,9,11,14H,5-8,10H2,1H3. The Kier molecular flexibility index (Phi) is 4.15. The number of piperidine rings is 1. The molecule has 2 rings (SSSR count). The smallest absolute Gasteiger partial charge is 0.271 e. The third-order valence-electron chi connectivity index (χ3n) is 3.47. The van der Waals surface area contributed by atoms with Gasteiger partial charge >= 0.3 is 0 Å². The van der Waals surface area contributed by atoms with Gasteiger partial charge in [-0.2, -0.15) is 0 Å². The Morgan fingerprint density at radius 2 is 2.17 bits per heavy atom. The first-order valence-electron chi connectivity index (χ1n) is 6.33. The van der Waals surface area contributed by atoms with Crippen LogP contribution in [-0.4, -0.2) is 31.6 Å². The topological polar surface area (TPSA) is 58.4 Å². The molecule has 98 valence electrons. The molecular formula is C13H19N3O2. The molecular weight excluding hydrogens is 230 g/mol. The van der Waals surface area contributed by atoms with Crippen molar-refractivity contribution in [1.82, 2.24) is 5.32 Å². The van der Waals surface area contributed by atoms with E-state index in [9.17, 15) is 10.1 Å². The zero-order valence-corrected chi connectivity index (χ0v) is 10.6. The lowest BCUT2D eigenvalue weighted by Crippen LogP contribution is -2.34. The lowest BCUT2D eigenvalue weighted by atomic mass is 9.97. The van der Waals surface area contributed by atoms with Gasteiger partial charge in [-0.25, -0.2) is 0 Å². The molecule has 1 aliphatic rings. The van der Waals surface area contributed by atoms with E-state index in [0.29, 0.717) is 5.92 Å². The summed E-state index contributed by atoms with van der Waals surface area (Å²) in [6, 6.07) is 6.84. The Labute approximate surface area is 107 Å². The van der Waals surface area contributed by atoms with E-state index in [0.717, 1.165) is 25.3 Å². The maximum absolute atomic E-state index is 10.7. The first kappa shape index (κ1) is 12.8. The van der Waals surface area contributed by atoms with Gasteiger partial charge in [0.05, 0.1) is 4.92 Å². The van der Waals surface area contributed by atoms with Crippen LogP contribution in [0.25, 0.3) is 0 Å². The lowest BCUT2D eigenvalue weighted by molar-refractivity contribution is -0.384. The molecule has 0 bridgehead atoms. The summed E-state index contributed by atoms with van der Waals surface area (Å²) in [6.45, 7) is 3.11. The van der Waals surface area contributed by atoms with Crippen molar-refractivity contribution >= 4 is 11.4 Å². The fourth-order valence-electron chi connectivity index (χ4n) is 2.40. The minimum absolute atomic E-state index is 0.157. The number of nitro benzene ring substituents is 1. The first-order chi connectivity index (χ1) is 8.66. The van der Waals surface area contributed by atoms with Crippen LogP contribution in [0.2, 0.25) is 0 Å². The van der Waals surface area contributed by atoms with E-state index >= 15 is 0 Å². The summed E-state index contributed by atoms with van der Waals surface area (Å²) in [6.07, 6.45) is 2.36. The van der Waals surface area contributed by atoms with Crippen LogP contribution in [0.4, 0.5) is 11.4 Å². The van der Waals surface area contributed by atoms with Gasteiger partial charge in [0.15, 0.2) is 0 Å². The Morgan fingerprint density at radius 3 is 2.83 bits per heavy atom. The van der Waals surface area contributed by atoms with E-state index in [1.807, 2.05) is 13.1 Å². The molecule has 0 saturated carbocycles. The lowest BCUT2D eigenvalue weighted by Gasteiger charge is -2.28. The summed E-state index contributed by atoms with van der Waals surface area (Å²) < 4.78 is 0. The second kappa shape index (κ2) is 5.82. The molecule has 5 nitrogen and oxygen atoms in total. The molecule has 18 heavy (non-hydrogen) atoms. The van der Waals surface area contributed by atoms with Gasteiger partial charge in [-0.15, -0.1) is 0 Å². The Hall–Kier alpha value is -1.62. The SMILES string of the molecule is CN(CC1CCNCC1)c1cccc([N+](=O)[O-])c1. The first-order valence-corrected chi connectivity index (χ1v) is 6.33. The highest BCUT2D eigenvalue weighted by molar-refractivity contribution is 5.52. The molecule has 1 fully saturated rings. The summed E-state index contributed by atoms with van der Waals surface area (Å²) in [5.41, 5.74) is 1.08. The predicted molar refractivity (Wildman–Crippen MR) is 72.0 cm³/mol. The Morgan fingerprint density at radius 1 is 1.44 bits per heavy atom. The second-order valence-corrected chi connectivity index (χ2v) is 4.85. The number of rotatable bonds is 4. The molecule has 5 heteroatoms. The number of nitrogens with one attached hydrogen (secondary N) is 1. The third kappa shape index (κ3) is 3.20. The summed E-state index contributed by atoms with van der Waals surface area (Å²) in [5.74, 6) is 0.676. The molecule has 1 saturated heterocycles. The summed E-state index contributed by atoms with van der Waals surface area (Å²) in [5, 5.41) is 14.1. The zero-order valence-electron chi connectivity index (χ0n) is 10.6. The monoisotopic (exact) mass is 249 g/mol. The fraction of sp³-hybridized carbons (Fsp3) is 0.538. The van der Waals surface area contributed by atoms with Crippen LogP contribution in [-0.2, 0) is 0 Å². The number of benzene rings is 1. The van der Waals surface area contributed by atoms with E-state index < -0.39 is 0 Å². The van der Waals surface area contributed by atoms with Crippen LogP contribution >= 0.6 is 0 Å². The van der Waals surface area contributed by atoms with E-state index in [1.165, 1.54) is 18.9 Å². The molecule has 0 atom stereocenters. The van der Waals surface area contributed by atoms with Gasteiger partial charge in [0, 0.05) is 31.4 Å². The molecule has 1 aromatic carbocycles. The van der Waals surface area contributed by atoms with Crippen molar-refractivity contribution in [2.24, 2.45) is 5.92 Å². The van der Waals surface area contributed by atoms with Crippen LogP contribution in [0.5, 0.6) is 0 Å². The van der Waals surface area contributed by atoms with Gasteiger partial charge in [-0.05, 0) is 37.9 Å². The average Bonchev–Trinajstić information content (AvgIpc) is 2.40. The summed E-state index contributed by atoms with van der Waals surface area (Å²) in [4.78, 5) is 12.5. The summed E-state index contributed by atoms with van der Waals surface area (Å²) >= 11 is 0. The van der Waals surface area contributed by atoms with Crippen LogP contribution in [0, 0.1) is 16.0 Å². The highest BCUT2D eigenvalue weighted by Crippen LogP contribution is 2.22. The maximum atomic E-state index is 10.7. The highest BCUT2D eigenvalue weighted by atomic mass is 16.6. The van der Waals surface area contributed by atoms with Gasteiger partial charge in [0.1, 0.15) is 0 Å². The molecule has 0 aliphatic carbocycles. The number of nitro groups is 1. The van der Waals surface area contributed by atoms with Crippen LogP contribution in [0.3, 0.4) is 0 Å². The van der Waals surface area contributed by atoms with Crippen molar-refractivity contribution < 1.29 is 4.92 Å². The molecule has 0 amide bonds. The molecule has 0 aromatic heterocycles. The Bertz CT molecular complexity index is 416. The van der Waals surface area contributed by atoms with Crippen molar-refractivity contribution in [2.75, 3.05) is 31.6 Å². The van der Waals surface area contributed by atoms with E-state index in [2.05, 4.69) is 10.2 Å². The third-order valence-corrected chi connectivity index (χ3v) is 3.47. The molecule has 1 aliphatic heterocycles. The number of nitrogens with zero attached hydrogens (tertiary/aromatic N) is 2. The number of anilines is 1. The molecule has 1 heterocycles. The van der Waals surface area contributed by atoms with E-state index in [4.69, 9.17) is 0 Å². The summed E-state index contributed by atoms with van der Waals surface area (Å²) in [7, 11) is 2.00. The molecule has 1 aromatic rings. The molecule has 1 N–H and O–H groups in total. The van der Waals surface area contributed by atoms with Crippen LogP contribution in [0.1, 0.15) is 12.8 Å². The minimum Gasteiger partial charge on any atom is -0.374 e. The van der Waals surface area contributed by atoms with E-state index in [1.54, 1.807) is 12.1 Å². The molecule has 0 unspecified atom stereocenters. The van der Waals surface area contributed by atoms with Gasteiger partial charge in [-0.1, -0.05) is 6.07 Å². The number of hydrogen-bond acceptors (Lipinski definition) is 4. The van der Waals surface area contributed by atoms with Crippen molar-refractivity contribution in [2.45, 2.75) is 12.8 Å². The van der Waals surface area contributed by atoms with Crippen molar-refractivity contribution in [1.29, 1.82) is 0 Å². The normalized spacial score (nSPS) is 16.5. The fourth-order valence-corrected chi connectivity index (χ4v) is 2.40. The van der Waals surface area contributed by atoms with Gasteiger partial charge in [0.25, 0.3) is 5.69 Å². The van der Waals surface area contributed by atoms with Crippen molar-refractivity contribution in [3.8, 4) is 0 Å². The molecule has 0 radical (unpaired) electrons. The minimum atomic E-state index is -0.345. The van der Waals surface area contributed by atoms with Crippen LogP contribution in [0.15, 0.2) is 24.3 Å². The van der Waals surface area contributed by atoms with E-state index in [-0.39, 0.29) is 10.6 Å². The highest BCUT2D eigenvalue weighted by Gasteiger charge is 2.16. The van der Waals surface area contributed by atoms with Crippen molar-refractivity contribution in [3.63, 3.8) is 0 Å². The number of hydrogen-bond donors (Lipinski definition) is 1. The van der Waals surface area contributed by atoms with Gasteiger partial charge in [0.2, 0.25) is 0 Å². The maximum Gasteiger partial charge on any atom is 0.271 e. The largest absolute Gasteiger partial charge is 0.374 e. The van der Waals surface area contributed by atoms with Crippen LogP contribution < -0.4 is 10.2 Å². The average molecular weight is 249 g/mol. The van der Waals surface area contributed by atoms with Gasteiger partial charge < -0.3 is 10.2 Å². The molecule has 0 spiro atoms. The number of non-ortho nitro benzene ring substituents is 1. The quantitative estimate of drug-likeness (QED) is 0.655. The second-order valence-electron chi connectivity index (χ2n) is 4.85. The van der Waals surface area contributed by atoms with Gasteiger partial charge in [-0.3, -0.25) is 10.1 Å². The zero-order chi connectivity index (χ0) is 13.0. The predicted octanol–water partition coefficient (Wildman–Crippen LogP) is 2.03.